The standard InChI is InChI=1S/C26H32N2O5S/c1-31-20-13-17(14-21(32-2)26(20)33-3)23-15-25(30)28(19-11-7-8-12-22(19)34-23)16-24(29)27-18-9-5-4-6-10-18/h7-8,11-14,18,23H,4-6,9-10,15-16H2,1-3H3,(H,27,29)/t23-/m1/s1. The van der Waals surface area contributed by atoms with Crippen LogP contribution in [0.3, 0.4) is 0 Å². The number of carbonyl (C=O) groups excluding carboxylic acids is 2. The predicted molar refractivity (Wildman–Crippen MR) is 133 cm³/mol. The number of benzene rings is 2. The van der Waals surface area contributed by atoms with E-state index in [2.05, 4.69) is 5.32 Å². The quantitative estimate of drug-likeness (QED) is 0.612. The SMILES string of the molecule is COc1cc([C@H]2CC(=O)N(CC(=O)NC3CCCCC3)c3ccccc3S2)cc(OC)c1OC. The van der Waals surface area contributed by atoms with Gasteiger partial charge in [-0.1, -0.05) is 31.4 Å². The molecule has 2 aromatic carbocycles. The summed E-state index contributed by atoms with van der Waals surface area (Å²) in [6.45, 7) is 0.0227. The molecule has 1 aliphatic heterocycles. The number of thioether (sulfide) groups is 1. The van der Waals surface area contributed by atoms with E-state index in [9.17, 15) is 9.59 Å². The molecule has 34 heavy (non-hydrogen) atoms. The number of rotatable bonds is 7. The molecule has 7 nitrogen and oxygen atoms in total. The fraction of sp³-hybridized carbons (Fsp3) is 0.462. The third-order valence-corrected chi connectivity index (χ3v) is 7.74. The van der Waals surface area contributed by atoms with Crippen LogP contribution < -0.4 is 24.4 Å². The van der Waals surface area contributed by atoms with Crippen molar-refractivity contribution in [3.8, 4) is 17.2 Å². The number of hydrogen-bond acceptors (Lipinski definition) is 6. The van der Waals surface area contributed by atoms with Crippen molar-refractivity contribution < 1.29 is 23.8 Å². The molecule has 1 saturated carbocycles. The number of carbonyl (C=O) groups is 2. The van der Waals surface area contributed by atoms with Gasteiger partial charge in [0.2, 0.25) is 17.6 Å². The molecular weight excluding hydrogens is 452 g/mol. The maximum Gasteiger partial charge on any atom is 0.240 e. The lowest BCUT2D eigenvalue weighted by Crippen LogP contribution is -2.45. The van der Waals surface area contributed by atoms with Gasteiger partial charge in [-0.15, -0.1) is 11.8 Å². The van der Waals surface area contributed by atoms with E-state index in [0.29, 0.717) is 17.2 Å². The van der Waals surface area contributed by atoms with E-state index in [1.165, 1.54) is 6.42 Å². The molecular formula is C26H32N2O5S. The molecule has 182 valence electrons. The van der Waals surface area contributed by atoms with Gasteiger partial charge in [-0.25, -0.2) is 0 Å². The second-order valence-corrected chi connectivity index (χ2v) is 9.86. The summed E-state index contributed by atoms with van der Waals surface area (Å²) < 4.78 is 16.5. The second kappa shape index (κ2) is 11.0. The third-order valence-electron chi connectivity index (χ3n) is 6.42. The monoisotopic (exact) mass is 484 g/mol. The molecule has 0 bridgehead atoms. The van der Waals surface area contributed by atoms with Gasteiger partial charge in [0.05, 0.1) is 27.0 Å². The summed E-state index contributed by atoms with van der Waals surface area (Å²) in [4.78, 5) is 28.9. The molecule has 8 heteroatoms. The summed E-state index contributed by atoms with van der Waals surface area (Å²) in [5.74, 6) is 1.42. The highest BCUT2D eigenvalue weighted by atomic mass is 32.2. The Labute approximate surface area is 205 Å². The number of fused-ring (bicyclic) bond motifs is 1. The lowest BCUT2D eigenvalue weighted by molar-refractivity contribution is -0.124. The summed E-state index contributed by atoms with van der Waals surface area (Å²) >= 11 is 1.61. The zero-order valence-electron chi connectivity index (χ0n) is 20.0. The minimum Gasteiger partial charge on any atom is -0.493 e. The Morgan fingerprint density at radius 2 is 1.71 bits per heavy atom. The van der Waals surface area contributed by atoms with Gasteiger partial charge < -0.3 is 24.4 Å². The van der Waals surface area contributed by atoms with E-state index in [0.717, 1.165) is 41.8 Å². The summed E-state index contributed by atoms with van der Waals surface area (Å²) in [5.41, 5.74) is 1.67. The largest absolute Gasteiger partial charge is 0.493 e. The number of nitrogens with zero attached hydrogens (tertiary/aromatic N) is 1. The zero-order valence-corrected chi connectivity index (χ0v) is 20.8. The van der Waals surface area contributed by atoms with Gasteiger partial charge >= 0.3 is 0 Å². The van der Waals surface area contributed by atoms with Gasteiger partial charge in [0.1, 0.15) is 6.54 Å². The van der Waals surface area contributed by atoms with Crippen molar-refractivity contribution in [2.24, 2.45) is 0 Å². The van der Waals surface area contributed by atoms with Crippen molar-refractivity contribution in [2.75, 3.05) is 32.8 Å². The first-order valence-corrected chi connectivity index (χ1v) is 12.6. The highest BCUT2D eigenvalue weighted by Gasteiger charge is 2.32. The van der Waals surface area contributed by atoms with Crippen molar-refractivity contribution in [1.29, 1.82) is 0 Å². The van der Waals surface area contributed by atoms with Gasteiger partial charge in [0.15, 0.2) is 11.5 Å². The molecule has 2 aliphatic rings. The zero-order chi connectivity index (χ0) is 24.1. The van der Waals surface area contributed by atoms with Crippen LogP contribution in [-0.2, 0) is 9.59 Å². The average molecular weight is 485 g/mol. The van der Waals surface area contributed by atoms with E-state index < -0.39 is 0 Å². The van der Waals surface area contributed by atoms with Gasteiger partial charge in [-0.05, 0) is 42.7 Å². The molecule has 1 N–H and O–H groups in total. The van der Waals surface area contributed by atoms with Crippen LogP contribution in [0.1, 0.15) is 49.3 Å². The van der Waals surface area contributed by atoms with Crippen LogP contribution in [0.15, 0.2) is 41.3 Å². The number of anilines is 1. The number of nitrogens with one attached hydrogen (secondary N) is 1. The highest BCUT2D eigenvalue weighted by molar-refractivity contribution is 7.99. The van der Waals surface area contributed by atoms with E-state index >= 15 is 0 Å². The average Bonchev–Trinajstić information content (AvgIpc) is 3.00. The van der Waals surface area contributed by atoms with Crippen LogP contribution >= 0.6 is 11.8 Å². The minimum absolute atomic E-state index is 0.0227. The second-order valence-electron chi connectivity index (χ2n) is 8.62. The molecule has 2 aromatic rings. The van der Waals surface area contributed by atoms with Crippen molar-refractivity contribution in [2.45, 2.75) is 54.7 Å². The summed E-state index contributed by atoms with van der Waals surface area (Å²) in [6.07, 6.45) is 5.77. The van der Waals surface area contributed by atoms with Gasteiger partial charge in [-0.2, -0.15) is 0 Å². The predicted octanol–water partition coefficient (Wildman–Crippen LogP) is 4.73. The van der Waals surface area contributed by atoms with Crippen molar-refractivity contribution in [3.63, 3.8) is 0 Å². The lowest BCUT2D eigenvalue weighted by Gasteiger charge is -2.26. The summed E-state index contributed by atoms with van der Waals surface area (Å²) in [5, 5.41) is 2.96. The minimum atomic E-state index is -0.172. The topological polar surface area (TPSA) is 77.1 Å². The molecule has 1 aliphatic carbocycles. The Balaban J connectivity index is 1.60. The van der Waals surface area contributed by atoms with Crippen molar-refractivity contribution in [3.05, 3.63) is 42.0 Å². The van der Waals surface area contributed by atoms with Crippen molar-refractivity contribution in [1.82, 2.24) is 5.32 Å². The fourth-order valence-electron chi connectivity index (χ4n) is 4.69. The first kappa shape index (κ1) is 24.3. The van der Waals surface area contributed by atoms with Crippen LogP contribution in [-0.4, -0.2) is 45.7 Å². The van der Waals surface area contributed by atoms with Gasteiger partial charge in [-0.3, -0.25) is 9.59 Å². The van der Waals surface area contributed by atoms with E-state index in [-0.39, 0.29) is 36.1 Å². The first-order chi connectivity index (χ1) is 16.5. The highest BCUT2D eigenvalue weighted by Crippen LogP contribution is 2.49. The van der Waals surface area contributed by atoms with Gasteiger partial charge in [0.25, 0.3) is 0 Å². The molecule has 0 unspecified atom stereocenters. The van der Waals surface area contributed by atoms with E-state index in [1.807, 2.05) is 36.4 Å². The van der Waals surface area contributed by atoms with Crippen molar-refractivity contribution >= 4 is 29.3 Å². The molecule has 0 spiro atoms. The summed E-state index contributed by atoms with van der Waals surface area (Å²) in [7, 11) is 4.72. The summed E-state index contributed by atoms with van der Waals surface area (Å²) in [6, 6.07) is 11.7. The Kier molecular flexibility index (Phi) is 7.88. The first-order valence-electron chi connectivity index (χ1n) is 11.7. The number of amides is 2. The van der Waals surface area contributed by atoms with Crippen LogP contribution in [0.5, 0.6) is 17.2 Å². The van der Waals surface area contributed by atoms with E-state index in [1.54, 1.807) is 38.0 Å². The van der Waals surface area contributed by atoms with Gasteiger partial charge in [0, 0.05) is 22.6 Å². The maximum absolute atomic E-state index is 13.5. The normalized spacial score (nSPS) is 18.6. The third kappa shape index (κ3) is 5.27. The lowest BCUT2D eigenvalue weighted by atomic mass is 9.95. The molecule has 4 rings (SSSR count). The number of hydrogen-bond donors (Lipinski definition) is 1. The molecule has 0 aromatic heterocycles. The fourth-order valence-corrected chi connectivity index (χ4v) is 5.95. The van der Waals surface area contributed by atoms with E-state index in [4.69, 9.17) is 14.2 Å². The van der Waals surface area contributed by atoms with Crippen LogP contribution in [0.4, 0.5) is 5.69 Å². The Bertz CT molecular complexity index is 1010. The molecule has 0 saturated heterocycles. The Morgan fingerprint density at radius 3 is 2.35 bits per heavy atom. The van der Waals surface area contributed by atoms with Crippen LogP contribution in [0.2, 0.25) is 0 Å². The molecule has 1 atom stereocenters. The maximum atomic E-state index is 13.5. The molecule has 1 heterocycles. The number of methoxy groups -OCH3 is 3. The number of ether oxygens (including phenoxy) is 3. The smallest absolute Gasteiger partial charge is 0.240 e. The number of para-hydroxylation sites is 1. The molecule has 0 radical (unpaired) electrons. The molecule has 1 fully saturated rings. The Hall–Kier alpha value is -2.87. The van der Waals surface area contributed by atoms with Crippen LogP contribution in [0.25, 0.3) is 0 Å². The Morgan fingerprint density at radius 1 is 1.03 bits per heavy atom. The molecule has 2 amide bonds. The van der Waals surface area contributed by atoms with Crippen LogP contribution in [0, 0.1) is 0 Å².